The molecule has 0 bridgehead atoms. The summed E-state index contributed by atoms with van der Waals surface area (Å²) < 4.78 is 0. The second-order valence-corrected chi connectivity index (χ2v) is 6.04. The van der Waals surface area contributed by atoms with Gasteiger partial charge in [0.05, 0.1) is 0 Å². The van der Waals surface area contributed by atoms with Gasteiger partial charge in [-0.2, -0.15) is 0 Å². The lowest BCUT2D eigenvalue weighted by molar-refractivity contribution is 0.604. The van der Waals surface area contributed by atoms with Gasteiger partial charge in [-0.3, -0.25) is 0 Å². The molecule has 1 aromatic rings. The highest BCUT2D eigenvalue weighted by molar-refractivity contribution is 4.96. The molecule has 0 aromatic carbocycles. The first-order valence-electron chi connectivity index (χ1n) is 8.96. The van der Waals surface area contributed by atoms with Crippen LogP contribution in [0.25, 0.3) is 0 Å². The molecule has 1 rings (SSSR count). The van der Waals surface area contributed by atoms with Crippen LogP contribution >= 0.6 is 0 Å². The summed E-state index contributed by atoms with van der Waals surface area (Å²) in [5.41, 5.74) is 0. The molecule has 3 nitrogen and oxygen atoms in total. The average Bonchev–Trinajstić information content (AvgIpc) is 2.46. The first kappa shape index (κ1) is 18.1. The Balaban J connectivity index is 2.32. The number of rotatable bonds is 12. The van der Waals surface area contributed by atoms with Crippen molar-refractivity contribution in [2.45, 2.75) is 97.8 Å². The Hall–Kier alpha value is -0.990. The van der Waals surface area contributed by atoms with Gasteiger partial charge in [0.2, 0.25) is 0 Å². The fraction of sp³-hybridized carbons (Fsp3) is 0.833. The Labute approximate surface area is 131 Å². The van der Waals surface area contributed by atoms with Gasteiger partial charge in [0.15, 0.2) is 0 Å². The highest BCUT2D eigenvalue weighted by atomic mass is 15.0. The third kappa shape index (κ3) is 8.79. The van der Waals surface area contributed by atoms with Crippen LogP contribution in [-0.4, -0.2) is 15.0 Å². The molecule has 0 atom stereocenters. The van der Waals surface area contributed by atoms with Crippen LogP contribution in [-0.2, 0) is 12.8 Å². The number of hydrogen-bond donors (Lipinski definition) is 0. The molecule has 120 valence electrons. The zero-order chi connectivity index (χ0) is 15.3. The zero-order valence-electron chi connectivity index (χ0n) is 14.3. The SMILES string of the molecule is CCCCCCCc1nc(C)nc(CCCCCCC)n1. The van der Waals surface area contributed by atoms with Gasteiger partial charge in [0, 0.05) is 12.8 Å². The van der Waals surface area contributed by atoms with E-state index < -0.39 is 0 Å². The van der Waals surface area contributed by atoms with Crippen molar-refractivity contribution in [2.24, 2.45) is 0 Å². The fourth-order valence-electron chi connectivity index (χ4n) is 2.59. The molecule has 0 aliphatic rings. The van der Waals surface area contributed by atoms with Crippen LogP contribution in [0.3, 0.4) is 0 Å². The molecule has 0 amide bonds. The van der Waals surface area contributed by atoms with Gasteiger partial charge in [-0.25, -0.2) is 15.0 Å². The molecule has 1 aromatic heterocycles. The Morgan fingerprint density at radius 1 is 0.571 bits per heavy atom. The smallest absolute Gasteiger partial charge is 0.132 e. The second-order valence-electron chi connectivity index (χ2n) is 6.04. The Morgan fingerprint density at radius 3 is 1.43 bits per heavy atom. The standard InChI is InChI=1S/C18H33N3/c1-4-6-8-10-12-14-17-19-16(3)20-18(21-17)15-13-11-9-7-5-2/h4-15H2,1-3H3. The van der Waals surface area contributed by atoms with E-state index in [2.05, 4.69) is 28.8 Å². The Kier molecular flexibility index (Phi) is 10.0. The fourth-order valence-corrected chi connectivity index (χ4v) is 2.59. The van der Waals surface area contributed by atoms with Crippen LogP contribution in [0.15, 0.2) is 0 Å². The lowest BCUT2D eigenvalue weighted by Crippen LogP contribution is -2.06. The maximum absolute atomic E-state index is 4.65. The van der Waals surface area contributed by atoms with Crippen LogP contribution < -0.4 is 0 Å². The largest absolute Gasteiger partial charge is 0.218 e. The van der Waals surface area contributed by atoms with Gasteiger partial charge in [0.25, 0.3) is 0 Å². The van der Waals surface area contributed by atoms with E-state index in [0.717, 1.165) is 30.3 Å². The molecular formula is C18H33N3. The van der Waals surface area contributed by atoms with Gasteiger partial charge >= 0.3 is 0 Å². The maximum Gasteiger partial charge on any atom is 0.132 e. The van der Waals surface area contributed by atoms with Crippen molar-refractivity contribution in [3.05, 3.63) is 17.5 Å². The monoisotopic (exact) mass is 291 g/mol. The summed E-state index contributed by atoms with van der Waals surface area (Å²) in [5.74, 6) is 2.89. The van der Waals surface area contributed by atoms with Gasteiger partial charge < -0.3 is 0 Å². The summed E-state index contributed by atoms with van der Waals surface area (Å²) >= 11 is 0. The first-order valence-corrected chi connectivity index (χ1v) is 8.96. The van der Waals surface area contributed by atoms with Gasteiger partial charge in [-0.05, 0) is 19.8 Å². The van der Waals surface area contributed by atoms with E-state index in [-0.39, 0.29) is 0 Å². The molecule has 21 heavy (non-hydrogen) atoms. The first-order chi connectivity index (χ1) is 10.3. The molecule has 3 heteroatoms. The van der Waals surface area contributed by atoms with Gasteiger partial charge in [-0.15, -0.1) is 0 Å². The molecule has 0 aliphatic carbocycles. The summed E-state index contributed by atoms with van der Waals surface area (Å²) in [7, 11) is 0. The van der Waals surface area contributed by atoms with E-state index in [0.29, 0.717) is 0 Å². The summed E-state index contributed by atoms with van der Waals surface area (Å²) in [5, 5.41) is 0. The summed E-state index contributed by atoms with van der Waals surface area (Å²) in [6, 6.07) is 0. The van der Waals surface area contributed by atoms with E-state index in [9.17, 15) is 0 Å². The molecule has 0 fully saturated rings. The quantitative estimate of drug-likeness (QED) is 0.496. The van der Waals surface area contributed by atoms with E-state index in [1.54, 1.807) is 0 Å². The van der Waals surface area contributed by atoms with Crippen molar-refractivity contribution in [2.75, 3.05) is 0 Å². The third-order valence-electron chi connectivity index (χ3n) is 3.85. The van der Waals surface area contributed by atoms with E-state index >= 15 is 0 Å². The number of hydrogen-bond acceptors (Lipinski definition) is 3. The molecule has 0 aliphatic heterocycles. The minimum absolute atomic E-state index is 0.886. The van der Waals surface area contributed by atoms with E-state index in [1.165, 1.54) is 64.2 Å². The van der Waals surface area contributed by atoms with Crippen molar-refractivity contribution >= 4 is 0 Å². The highest BCUT2D eigenvalue weighted by Gasteiger charge is 2.04. The van der Waals surface area contributed by atoms with Gasteiger partial charge in [0.1, 0.15) is 17.5 Å². The molecule has 0 radical (unpaired) electrons. The number of nitrogens with zero attached hydrogens (tertiary/aromatic N) is 3. The topological polar surface area (TPSA) is 38.7 Å². The Morgan fingerprint density at radius 2 is 1.00 bits per heavy atom. The van der Waals surface area contributed by atoms with Crippen LogP contribution in [0.2, 0.25) is 0 Å². The van der Waals surface area contributed by atoms with Crippen LogP contribution in [0.5, 0.6) is 0 Å². The normalized spacial score (nSPS) is 11.0. The van der Waals surface area contributed by atoms with E-state index in [4.69, 9.17) is 0 Å². The molecule has 0 saturated carbocycles. The molecule has 0 saturated heterocycles. The van der Waals surface area contributed by atoms with Crippen molar-refractivity contribution in [3.8, 4) is 0 Å². The number of unbranched alkanes of at least 4 members (excludes halogenated alkanes) is 8. The minimum Gasteiger partial charge on any atom is -0.218 e. The summed E-state index contributed by atoms with van der Waals surface area (Å²) in [4.78, 5) is 13.6. The van der Waals surface area contributed by atoms with Crippen LogP contribution in [0, 0.1) is 6.92 Å². The summed E-state index contributed by atoms with van der Waals surface area (Å²) in [6.45, 7) is 6.49. The average molecular weight is 291 g/mol. The van der Waals surface area contributed by atoms with Crippen molar-refractivity contribution in [1.29, 1.82) is 0 Å². The van der Waals surface area contributed by atoms with Crippen LogP contribution in [0.1, 0.15) is 95.5 Å². The predicted octanol–water partition coefficient (Wildman–Crippen LogP) is 5.21. The highest BCUT2D eigenvalue weighted by Crippen LogP contribution is 2.09. The van der Waals surface area contributed by atoms with E-state index in [1.807, 2.05) is 6.92 Å². The molecule has 0 spiro atoms. The van der Waals surface area contributed by atoms with Crippen molar-refractivity contribution in [3.63, 3.8) is 0 Å². The Bertz CT molecular complexity index is 344. The summed E-state index contributed by atoms with van der Waals surface area (Å²) in [6.07, 6.45) is 15.0. The molecule has 0 unspecified atom stereocenters. The second kappa shape index (κ2) is 11.6. The zero-order valence-corrected chi connectivity index (χ0v) is 14.3. The maximum atomic E-state index is 4.65. The molecule has 1 heterocycles. The lowest BCUT2D eigenvalue weighted by atomic mass is 10.1. The number of aromatic nitrogens is 3. The van der Waals surface area contributed by atoms with Crippen LogP contribution in [0.4, 0.5) is 0 Å². The van der Waals surface area contributed by atoms with Gasteiger partial charge in [-0.1, -0.05) is 65.2 Å². The number of aryl methyl sites for hydroxylation is 3. The third-order valence-corrected chi connectivity index (χ3v) is 3.85. The minimum atomic E-state index is 0.886. The lowest BCUT2D eigenvalue weighted by Gasteiger charge is -2.05. The molecular weight excluding hydrogens is 258 g/mol. The molecule has 0 N–H and O–H groups in total. The van der Waals surface area contributed by atoms with Crippen molar-refractivity contribution < 1.29 is 0 Å². The van der Waals surface area contributed by atoms with Crippen molar-refractivity contribution in [1.82, 2.24) is 15.0 Å². The predicted molar refractivity (Wildman–Crippen MR) is 89.5 cm³/mol.